The minimum Gasteiger partial charge on any atom is -0.497 e. The summed E-state index contributed by atoms with van der Waals surface area (Å²) >= 11 is 1.58. The van der Waals surface area contributed by atoms with E-state index in [0.717, 1.165) is 4.90 Å². The first kappa shape index (κ1) is 24.7. The SMILES string of the molecule is COC(=O)c1cn([C@H]2C[C@@H](C(=O)Nc3cccc(SC)c3)N(Cc3ccc(OC)cc3F)C2)nn1. The van der Waals surface area contributed by atoms with E-state index in [-0.39, 0.29) is 24.2 Å². The summed E-state index contributed by atoms with van der Waals surface area (Å²) in [6.45, 7) is 0.631. The van der Waals surface area contributed by atoms with Gasteiger partial charge in [-0.05, 0) is 36.9 Å². The highest BCUT2D eigenvalue weighted by atomic mass is 32.2. The molecular weight excluding hydrogens is 473 g/mol. The van der Waals surface area contributed by atoms with Crippen LogP contribution in [0, 0.1) is 5.82 Å². The summed E-state index contributed by atoms with van der Waals surface area (Å²) in [5, 5.41) is 10.9. The number of esters is 1. The van der Waals surface area contributed by atoms with Crippen LogP contribution in [0.3, 0.4) is 0 Å². The molecule has 0 spiro atoms. The van der Waals surface area contributed by atoms with Gasteiger partial charge >= 0.3 is 5.97 Å². The van der Waals surface area contributed by atoms with Crippen molar-refractivity contribution < 1.29 is 23.5 Å². The monoisotopic (exact) mass is 499 g/mol. The van der Waals surface area contributed by atoms with Gasteiger partial charge in [-0.1, -0.05) is 17.3 Å². The Morgan fingerprint density at radius 2 is 2.06 bits per heavy atom. The molecule has 1 N–H and O–H groups in total. The van der Waals surface area contributed by atoms with Gasteiger partial charge in [0.25, 0.3) is 0 Å². The number of carbonyl (C=O) groups excluding carboxylic acids is 2. The predicted molar refractivity (Wildman–Crippen MR) is 129 cm³/mol. The van der Waals surface area contributed by atoms with Crippen LogP contribution >= 0.6 is 11.8 Å². The predicted octanol–water partition coefficient (Wildman–Crippen LogP) is 3.39. The molecule has 184 valence electrons. The van der Waals surface area contributed by atoms with Crippen LogP contribution in [-0.4, -0.2) is 64.8 Å². The Bertz CT molecular complexity index is 1220. The number of nitrogens with one attached hydrogen (secondary N) is 1. The van der Waals surface area contributed by atoms with Crippen molar-refractivity contribution in [1.82, 2.24) is 19.9 Å². The number of ether oxygens (including phenoxy) is 2. The number of nitrogens with zero attached hydrogens (tertiary/aromatic N) is 4. The summed E-state index contributed by atoms with van der Waals surface area (Å²) in [5.41, 5.74) is 1.22. The van der Waals surface area contributed by atoms with Crippen molar-refractivity contribution in [3.8, 4) is 5.75 Å². The third-order valence-electron chi connectivity index (χ3n) is 5.93. The Balaban J connectivity index is 1.58. The Kier molecular flexibility index (Phi) is 7.67. The van der Waals surface area contributed by atoms with E-state index in [2.05, 4.69) is 15.6 Å². The molecule has 0 saturated carbocycles. The minimum atomic E-state index is -0.589. The number of rotatable bonds is 8. The van der Waals surface area contributed by atoms with E-state index in [0.29, 0.717) is 30.0 Å². The van der Waals surface area contributed by atoms with Crippen LogP contribution in [0.25, 0.3) is 0 Å². The van der Waals surface area contributed by atoms with Crippen LogP contribution in [0.15, 0.2) is 53.6 Å². The van der Waals surface area contributed by atoms with Gasteiger partial charge in [-0.15, -0.1) is 16.9 Å². The van der Waals surface area contributed by atoms with Crippen molar-refractivity contribution in [2.24, 2.45) is 0 Å². The molecule has 9 nitrogen and oxygen atoms in total. The van der Waals surface area contributed by atoms with E-state index in [1.54, 1.807) is 28.6 Å². The number of amides is 1. The zero-order valence-corrected chi connectivity index (χ0v) is 20.4. The summed E-state index contributed by atoms with van der Waals surface area (Å²) in [6, 6.07) is 11.5. The first-order valence-corrected chi connectivity index (χ1v) is 12.2. The van der Waals surface area contributed by atoms with Gasteiger partial charge in [0.2, 0.25) is 5.91 Å². The highest BCUT2D eigenvalue weighted by Gasteiger charge is 2.38. The lowest BCUT2D eigenvalue weighted by molar-refractivity contribution is -0.120. The number of aromatic nitrogens is 3. The number of likely N-dealkylation sites (tertiary alicyclic amines) is 1. The molecule has 35 heavy (non-hydrogen) atoms. The van der Waals surface area contributed by atoms with Gasteiger partial charge in [-0.25, -0.2) is 13.9 Å². The molecule has 4 rings (SSSR count). The fraction of sp³-hybridized carbons (Fsp3) is 0.333. The van der Waals surface area contributed by atoms with E-state index in [1.165, 1.54) is 26.5 Å². The normalized spacial score (nSPS) is 17.8. The summed E-state index contributed by atoms with van der Waals surface area (Å²) in [4.78, 5) is 28.1. The fourth-order valence-corrected chi connectivity index (χ4v) is 4.56. The second kappa shape index (κ2) is 10.9. The van der Waals surface area contributed by atoms with Crippen LogP contribution in [0.2, 0.25) is 0 Å². The van der Waals surface area contributed by atoms with Gasteiger partial charge < -0.3 is 14.8 Å². The number of benzene rings is 2. The van der Waals surface area contributed by atoms with E-state index in [9.17, 15) is 14.0 Å². The molecule has 2 heterocycles. The first-order chi connectivity index (χ1) is 16.9. The molecular formula is C24H26FN5O4S. The number of hydrogen-bond donors (Lipinski definition) is 1. The quantitative estimate of drug-likeness (QED) is 0.372. The Morgan fingerprint density at radius 3 is 2.77 bits per heavy atom. The van der Waals surface area contributed by atoms with E-state index >= 15 is 0 Å². The lowest BCUT2D eigenvalue weighted by atomic mass is 10.1. The third-order valence-corrected chi connectivity index (χ3v) is 6.66. The molecule has 1 saturated heterocycles. The number of hydrogen-bond acceptors (Lipinski definition) is 8. The lowest BCUT2D eigenvalue weighted by Gasteiger charge is -2.24. The number of anilines is 1. The van der Waals surface area contributed by atoms with Crippen molar-refractivity contribution in [2.75, 3.05) is 32.3 Å². The van der Waals surface area contributed by atoms with Crippen molar-refractivity contribution >= 4 is 29.3 Å². The number of carbonyl (C=O) groups is 2. The first-order valence-electron chi connectivity index (χ1n) is 10.9. The average molecular weight is 500 g/mol. The summed E-state index contributed by atoms with van der Waals surface area (Å²) in [5.74, 6) is -0.776. The van der Waals surface area contributed by atoms with Gasteiger partial charge in [0.15, 0.2) is 5.69 Å². The van der Waals surface area contributed by atoms with Crippen LogP contribution in [0.1, 0.15) is 28.5 Å². The summed E-state index contributed by atoms with van der Waals surface area (Å²) in [6.07, 6.45) is 3.88. The second-order valence-electron chi connectivity index (χ2n) is 8.09. The topological polar surface area (TPSA) is 98.6 Å². The van der Waals surface area contributed by atoms with Crippen molar-refractivity contribution in [3.63, 3.8) is 0 Å². The van der Waals surface area contributed by atoms with E-state index in [1.807, 2.05) is 35.4 Å². The van der Waals surface area contributed by atoms with Crippen LogP contribution < -0.4 is 10.1 Å². The van der Waals surface area contributed by atoms with Gasteiger partial charge in [-0.2, -0.15) is 0 Å². The molecule has 3 aromatic rings. The fourth-order valence-electron chi connectivity index (χ4n) is 4.10. The van der Waals surface area contributed by atoms with Crippen LogP contribution in [0.4, 0.5) is 10.1 Å². The molecule has 1 aliphatic rings. The Hall–Kier alpha value is -3.44. The van der Waals surface area contributed by atoms with Gasteiger partial charge in [0, 0.05) is 35.3 Å². The highest BCUT2D eigenvalue weighted by Crippen LogP contribution is 2.31. The lowest BCUT2D eigenvalue weighted by Crippen LogP contribution is -2.39. The Morgan fingerprint density at radius 1 is 1.23 bits per heavy atom. The number of thioether (sulfide) groups is 1. The maximum absolute atomic E-state index is 14.7. The smallest absolute Gasteiger partial charge is 0.360 e. The third kappa shape index (κ3) is 5.63. The van der Waals surface area contributed by atoms with E-state index in [4.69, 9.17) is 9.47 Å². The maximum atomic E-state index is 14.7. The molecule has 0 bridgehead atoms. The van der Waals surface area contributed by atoms with Crippen molar-refractivity contribution in [1.29, 1.82) is 0 Å². The summed E-state index contributed by atoms with van der Waals surface area (Å²) < 4.78 is 26.1. The molecule has 2 atom stereocenters. The molecule has 0 unspecified atom stereocenters. The molecule has 1 aliphatic heterocycles. The van der Waals surface area contributed by atoms with Crippen molar-refractivity contribution in [2.45, 2.75) is 29.9 Å². The zero-order chi connectivity index (χ0) is 24.9. The van der Waals surface area contributed by atoms with Gasteiger partial charge in [0.1, 0.15) is 11.6 Å². The number of halogens is 1. The maximum Gasteiger partial charge on any atom is 0.360 e. The molecule has 0 aliphatic carbocycles. The molecule has 0 radical (unpaired) electrons. The summed E-state index contributed by atoms with van der Waals surface area (Å²) in [7, 11) is 2.75. The van der Waals surface area contributed by atoms with Crippen molar-refractivity contribution in [3.05, 3.63) is 65.7 Å². The van der Waals surface area contributed by atoms with Crippen LogP contribution in [0.5, 0.6) is 5.75 Å². The van der Waals surface area contributed by atoms with E-state index < -0.39 is 17.8 Å². The largest absolute Gasteiger partial charge is 0.497 e. The van der Waals surface area contributed by atoms with Gasteiger partial charge in [-0.3, -0.25) is 9.69 Å². The second-order valence-corrected chi connectivity index (χ2v) is 8.97. The molecule has 1 aromatic heterocycles. The highest BCUT2D eigenvalue weighted by molar-refractivity contribution is 7.98. The van der Waals surface area contributed by atoms with Crippen LogP contribution in [-0.2, 0) is 16.1 Å². The number of methoxy groups -OCH3 is 2. The van der Waals surface area contributed by atoms with Gasteiger partial charge in [0.05, 0.1) is 32.5 Å². The molecule has 1 fully saturated rings. The standard InChI is InChI=1S/C24H26FN5O4S/c1-33-18-8-7-15(20(25)11-18)12-29-13-17(30-14-21(27-28-30)24(32)34-2)10-22(29)23(31)26-16-5-4-6-19(9-16)35-3/h4-9,11,14,17,22H,10,12-13H2,1-3H3,(H,26,31)/t17-,22-/m0/s1. The molecule has 1 amide bonds. The zero-order valence-electron chi connectivity index (χ0n) is 19.6. The molecule has 2 aromatic carbocycles. The minimum absolute atomic E-state index is 0.0852. The molecule has 11 heteroatoms. The average Bonchev–Trinajstić information content (AvgIpc) is 3.52. The Labute approximate surface area is 206 Å².